The normalized spacial score (nSPS) is 14.7. The van der Waals surface area contributed by atoms with E-state index in [1.807, 2.05) is 25.1 Å². The molecule has 0 saturated heterocycles. The van der Waals surface area contributed by atoms with Gasteiger partial charge < -0.3 is 19.7 Å². The van der Waals surface area contributed by atoms with Crippen molar-refractivity contribution in [2.45, 2.75) is 64.1 Å². The number of carbonyl (C=O) groups is 2. The van der Waals surface area contributed by atoms with Crippen LogP contribution in [-0.4, -0.2) is 42.4 Å². The second-order valence-corrected chi connectivity index (χ2v) is 9.43. The number of carbonyl (C=O) groups excluding carboxylic acids is 2. The Bertz CT molecular complexity index is 995. The van der Waals surface area contributed by atoms with Gasteiger partial charge in [-0.2, -0.15) is 0 Å². The molecule has 2 amide bonds. The second kappa shape index (κ2) is 13.6. The molecule has 0 spiro atoms. The molecule has 6 nitrogen and oxygen atoms in total. The number of nitrogens with zero attached hydrogens (tertiary/aromatic N) is 1. The fourth-order valence-corrected chi connectivity index (χ4v) is 4.74. The fraction of sp³-hybridized carbons (Fsp3) is 0.481. The summed E-state index contributed by atoms with van der Waals surface area (Å²) in [6, 6.07) is 11.8. The maximum atomic E-state index is 13.8. The number of hydrogen-bond acceptors (Lipinski definition) is 4. The Kier molecular flexibility index (Phi) is 10.5. The lowest BCUT2D eigenvalue weighted by Gasteiger charge is -2.33. The summed E-state index contributed by atoms with van der Waals surface area (Å²) in [6.45, 7) is 2.71. The van der Waals surface area contributed by atoms with Crippen molar-refractivity contribution in [2.24, 2.45) is 0 Å². The van der Waals surface area contributed by atoms with Crippen LogP contribution in [0.15, 0.2) is 42.5 Å². The molecule has 3 rings (SSSR count). The van der Waals surface area contributed by atoms with E-state index in [4.69, 9.17) is 32.7 Å². The predicted octanol–water partition coefficient (Wildman–Crippen LogP) is 5.90. The molecule has 0 heterocycles. The first-order chi connectivity index (χ1) is 17.0. The Hall–Kier alpha value is -2.44. The van der Waals surface area contributed by atoms with Gasteiger partial charge in [0.15, 0.2) is 11.5 Å². The maximum absolute atomic E-state index is 13.8. The molecule has 0 radical (unpaired) electrons. The van der Waals surface area contributed by atoms with Gasteiger partial charge in [0, 0.05) is 17.6 Å². The Morgan fingerprint density at radius 2 is 1.86 bits per heavy atom. The number of amides is 2. The lowest BCUT2D eigenvalue weighted by Crippen LogP contribution is -2.47. The van der Waals surface area contributed by atoms with Gasteiger partial charge in [0.1, 0.15) is 11.9 Å². The minimum Gasteiger partial charge on any atom is -0.493 e. The van der Waals surface area contributed by atoms with Gasteiger partial charge in [0.25, 0.3) is 0 Å². The van der Waals surface area contributed by atoms with Crippen molar-refractivity contribution < 1.29 is 19.1 Å². The quantitative estimate of drug-likeness (QED) is 0.374. The summed E-state index contributed by atoms with van der Waals surface area (Å²) in [5.41, 5.74) is 1.35. The van der Waals surface area contributed by atoms with Gasteiger partial charge >= 0.3 is 0 Å². The van der Waals surface area contributed by atoms with Crippen LogP contribution in [0.2, 0.25) is 5.02 Å². The lowest BCUT2D eigenvalue weighted by atomic mass is 9.94. The summed E-state index contributed by atoms with van der Waals surface area (Å²) in [4.78, 5) is 28.4. The first-order valence-electron chi connectivity index (χ1n) is 12.2. The zero-order chi connectivity index (χ0) is 25.2. The summed E-state index contributed by atoms with van der Waals surface area (Å²) < 4.78 is 11.3. The van der Waals surface area contributed by atoms with Crippen molar-refractivity contribution >= 4 is 35.0 Å². The molecular formula is C27H34Cl2N2O4. The average Bonchev–Trinajstić information content (AvgIpc) is 2.88. The van der Waals surface area contributed by atoms with Gasteiger partial charge in [0.2, 0.25) is 11.8 Å². The van der Waals surface area contributed by atoms with Crippen molar-refractivity contribution in [1.82, 2.24) is 10.2 Å². The molecule has 1 fully saturated rings. The number of ether oxygens (including phenoxy) is 2. The third kappa shape index (κ3) is 7.28. The smallest absolute Gasteiger partial charge is 0.247 e. The summed E-state index contributed by atoms with van der Waals surface area (Å²) >= 11 is 12.4. The number of hydrogen-bond donors (Lipinski definition) is 1. The third-order valence-corrected chi connectivity index (χ3v) is 6.81. The van der Waals surface area contributed by atoms with Crippen LogP contribution >= 0.6 is 23.2 Å². The minimum absolute atomic E-state index is 0.0843. The zero-order valence-corrected chi connectivity index (χ0v) is 21.9. The Morgan fingerprint density at radius 1 is 1.11 bits per heavy atom. The van der Waals surface area contributed by atoms with E-state index in [2.05, 4.69) is 5.32 Å². The summed E-state index contributed by atoms with van der Waals surface area (Å²) in [6.07, 6.45) is 6.05. The number of halogens is 2. The van der Waals surface area contributed by atoms with Crippen molar-refractivity contribution in [2.75, 3.05) is 19.6 Å². The van der Waals surface area contributed by atoms with Gasteiger partial charge in [-0.15, -0.1) is 11.6 Å². The standard InChI is InChI=1S/C27H34Cl2N2O4/c1-3-15-35-23-14-13-19(16-24(23)34-2)26(27(33)30-21-10-5-4-6-11-21)31(25(32)17-28)18-20-9-7-8-12-22(20)29/h7-9,12-14,16,21,26H,3-6,10-11,15,17-18H2,1-2H3,(H,30,33). The van der Waals surface area contributed by atoms with Gasteiger partial charge in [-0.05, 0) is 48.6 Å². The predicted molar refractivity (Wildman–Crippen MR) is 139 cm³/mol. The molecule has 0 aromatic heterocycles. The van der Waals surface area contributed by atoms with Crippen LogP contribution in [0.1, 0.15) is 62.6 Å². The number of rotatable bonds is 11. The maximum Gasteiger partial charge on any atom is 0.247 e. The van der Waals surface area contributed by atoms with Crippen molar-refractivity contribution in [3.8, 4) is 11.5 Å². The molecule has 1 aliphatic rings. The van der Waals surface area contributed by atoms with Crippen LogP contribution in [0.4, 0.5) is 0 Å². The van der Waals surface area contributed by atoms with Gasteiger partial charge in [-0.25, -0.2) is 0 Å². The van der Waals surface area contributed by atoms with Crippen LogP contribution in [0, 0.1) is 0 Å². The molecule has 1 aliphatic carbocycles. The lowest BCUT2D eigenvalue weighted by molar-refractivity contribution is -0.140. The number of benzene rings is 2. The van der Waals surface area contributed by atoms with Crippen LogP contribution in [0.3, 0.4) is 0 Å². The van der Waals surface area contributed by atoms with Crippen molar-refractivity contribution in [1.29, 1.82) is 0 Å². The van der Waals surface area contributed by atoms with Crippen LogP contribution in [-0.2, 0) is 16.1 Å². The van der Waals surface area contributed by atoms with Crippen molar-refractivity contribution in [3.05, 3.63) is 58.6 Å². The Balaban J connectivity index is 2.02. The topological polar surface area (TPSA) is 67.9 Å². The van der Waals surface area contributed by atoms with E-state index < -0.39 is 6.04 Å². The highest BCUT2D eigenvalue weighted by atomic mass is 35.5. The number of nitrogens with one attached hydrogen (secondary N) is 1. The van der Waals surface area contributed by atoms with E-state index in [0.29, 0.717) is 28.7 Å². The summed E-state index contributed by atoms with van der Waals surface area (Å²) in [5.74, 6) is 0.229. The van der Waals surface area contributed by atoms with Crippen LogP contribution in [0.5, 0.6) is 11.5 Å². The van der Waals surface area contributed by atoms with Crippen molar-refractivity contribution in [3.63, 3.8) is 0 Å². The van der Waals surface area contributed by atoms with E-state index >= 15 is 0 Å². The Labute approximate surface area is 217 Å². The molecule has 1 N–H and O–H groups in total. The minimum atomic E-state index is -0.909. The molecule has 190 valence electrons. The van der Waals surface area contributed by atoms with Crippen LogP contribution < -0.4 is 14.8 Å². The summed E-state index contributed by atoms with van der Waals surface area (Å²) in [5, 5.41) is 3.70. The molecule has 1 atom stereocenters. The largest absolute Gasteiger partial charge is 0.493 e. The Morgan fingerprint density at radius 3 is 2.51 bits per heavy atom. The SMILES string of the molecule is CCCOc1ccc(C(C(=O)NC2CCCCC2)N(Cc2ccccc2Cl)C(=O)CCl)cc1OC. The van der Waals surface area contributed by atoms with E-state index in [1.165, 1.54) is 11.3 Å². The molecular weight excluding hydrogens is 487 g/mol. The van der Waals surface area contributed by atoms with E-state index in [-0.39, 0.29) is 30.3 Å². The highest BCUT2D eigenvalue weighted by molar-refractivity contribution is 6.31. The highest BCUT2D eigenvalue weighted by Gasteiger charge is 2.33. The molecule has 35 heavy (non-hydrogen) atoms. The highest BCUT2D eigenvalue weighted by Crippen LogP contribution is 2.34. The molecule has 8 heteroatoms. The van der Waals surface area contributed by atoms with Gasteiger partial charge in [-0.1, -0.05) is 62.1 Å². The molecule has 0 aliphatic heterocycles. The molecule has 1 saturated carbocycles. The van der Waals surface area contributed by atoms with E-state index in [1.54, 1.807) is 31.4 Å². The number of alkyl halides is 1. The zero-order valence-electron chi connectivity index (χ0n) is 20.4. The molecule has 2 aromatic carbocycles. The number of methoxy groups -OCH3 is 1. The van der Waals surface area contributed by atoms with Gasteiger partial charge in [-0.3, -0.25) is 9.59 Å². The van der Waals surface area contributed by atoms with E-state index in [9.17, 15) is 9.59 Å². The molecule has 0 bridgehead atoms. The molecule has 2 aromatic rings. The first kappa shape index (κ1) is 27.2. The monoisotopic (exact) mass is 520 g/mol. The molecule has 1 unspecified atom stereocenters. The average molecular weight is 521 g/mol. The summed E-state index contributed by atoms with van der Waals surface area (Å²) in [7, 11) is 1.56. The van der Waals surface area contributed by atoms with Crippen LogP contribution in [0.25, 0.3) is 0 Å². The third-order valence-electron chi connectivity index (χ3n) is 6.21. The van der Waals surface area contributed by atoms with Gasteiger partial charge in [0.05, 0.1) is 13.7 Å². The first-order valence-corrected chi connectivity index (χ1v) is 13.1. The van der Waals surface area contributed by atoms with E-state index in [0.717, 1.165) is 37.7 Å². The second-order valence-electron chi connectivity index (χ2n) is 8.75. The fourth-order valence-electron chi connectivity index (χ4n) is 4.40.